The van der Waals surface area contributed by atoms with E-state index in [1.165, 1.54) is 14.0 Å². The van der Waals surface area contributed by atoms with Crippen molar-refractivity contribution >= 4 is 21.7 Å². The number of halogens is 1. The largest absolute Gasteiger partial charge is 0.495 e. The minimum Gasteiger partial charge on any atom is -0.495 e. The maximum absolute atomic E-state index is 11.7. The highest BCUT2D eigenvalue weighted by molar-refractivity contribution is 9.10. The minimum absolute atomic E-state index is 0.107. The van der Waals surface area contributed by atoms with E-state index >= 15 is 0 Å². The second kappa shape index (κ2) is 4.96. The number of ether oxygens (including phenoxy) is 3. The Labute approximate surface area is 108 Å². The zero-order valence-electron chi connectivity index (χ0n) is 9.71. The molecule has 0 spiro atoms. The maximum atomic E-state index is 11.7. The highest BCUT2D eigenvalue weighted by Gasteiger charge is 2.24. The van der Waals surface area contributed by atoms with Crippen molar-refractivity contribution in [2.75, 3.05) is 20.3 Å². The van der Waals surface area contributed by atoms with Gasteiger partial charge in [0.2, 0.25) is 0 Å². The van der Waals surface area contributed by atoms with Gasteiger partial charge in [0.25, 0.3) is 0 Å². The molecule has 0 unspecified atom stereocenters. The SMILES string of the molecule is COc1c(Br)cc2c(c1C(C)=O)OCCCO2. The van der Waals surface area contributed by atoms with Gasteiger partial charge in [-0.2, -0.15) is 0 Å². The van der Waals surface area contributed by atoms with Crippen molar-refractivity contribution in [1.82, 2.24) is 0 Å². The molecule has 2 rings (SSSR count). The lowest BCUT2D eigenvalue weighted by molar-refractivity contribution is 0.101. The third-order valence-corrected chi connectivity index (χ3v) is 3.09. The Morgan fingerprint density at radius 2 is 2.12 bits per heavy atom. The summed E-state index contributed by atoms with van der Waals surface area (Å²) in [6.45, 7) is 2.61. The second-order valence-corrected chi connectivity index (χ2v) is 4.55. The van der Waals surface area contributed by atoms with E-state index in [0.717, 1.165) is 6.42 Å². The van der Waals surface area contributed by atoms with Gasteiger partial charge in [-0.05, 0) is 22.9 Å². The molecule has 1 aliphatic heterocycles. The first-order chi connectivity index (χ1) is 8.15. The van der Waals surface area contributed by atoms with Gasteiger partial charge in [-0.1, -0.05) is 0 Å². The van der Waals surface area contributed by atoms with Crippen LogP contribution in [0, 0.1) is 0 Å². The third-order valence-electron chi connectivity index (χ3n) is 2.50. The van der Waals surface area contributed by atoms with E-state index in [0.29, 0.717) is 40.5 Å². The summed E-state index contributed by atoms with van der Waals surface area (Å²) in [5, 5.41) is 0. The van der Waals surface area contributed by atoms with Crippen LogP contribution in [0.4, 0.5) is 0 Å². The molecular formula is C12H13BrO4. The molecule has 0 saturated carbocycles. The molecule has 0 aliphatic carbocycles. The molecule has 1 aliphatic rings. The van der Waals surface area contributed by atoms with Gasteiger partial charge in [0.1, 0.15) is 11.3 Å². The molecule has 0 saturated heterocycles. The highest BCUT2D eigenvalue weighted by Crippen LogP contribution is 2.44. The summed E-state index contributed by atoms with van der Waals surface area (Å²) in [6.07, 6.45) is 0.798. The van der Waals surface area contributed by atoms with Crippen LogP contribution in [-0.2, 0) is 0 Å². The average Bonchev–Trinajstić information content (AvgIpc) is 2.51. The zero-order chi connectivity index (χ0) is 12.4. The van der Waals surface area contributed by atoms with Crippen LogP contribution in [0.25, 0.3) is 0 Å². The van der Waals surface area contributed by atoms with Gasteiger partial charge in [0.05, 0.1) is 24.8 Å². The normalized spacial score (nSPS) is 14.1. The lowest BCUT2D eigenvalue weighted by atomic mass is 10.1. The molecule has 0 bridgehead atoms. The van der Waals surface area contributed by atoms with Crippen molar-refractivity contribution in [2.45, 2.75) is 13.3 Å². The van der Waals surface area contributed by atoms with E-state index in [9.17, 15) is 4.79 Å². The van der Waals surface area contributed by atoms with Crippen LogP contribution in [0.2, 0.25) is 0 Å². The van der Waals surface area contributed by atoms with Crippen LogP contribution in [0.3, 0.4) is 0 Å². The Morgan fingerprint density at radius 3 is 2.76 bits per heavy atom. The van der Waals surface area contributed by atoms with Crippen molar-refractivity contribution in [3.8, 4) is 17.2 Å². The van der Waals surface area contributed by atoms with Crippen LogP contribution in [0.5, 0.6) is 17.2 Å². The minimum atomic E-state index is -0.107. The van der Waals surface area contributed by atoms with Crippen LogP contribution in [0.1, 0.15) is 23.7 Å². The van der Waals surface area contributed by atoms with Gasteiger partial charge in [-0.3, -0.25) is 4.79 Å². The second-order valence-electron chi connectivity index (χ2n) is 3.70. The molecule has 0 radical (unpaired) electrons. The Kier molecular flexibility index (Phi) is 3.57. The van der Waals surface area contributed by atoms with Gasteiger partial charge in [-0.15, -0.1) is 0 Å². The molecule has 0 amide bonds. The summed E-state index contributed by atoms with van der Waals surface area (Å²) in [7, 11) is 1.52. The molecule has 5 heteroatoms. The topological polar surface area (TPSA) is 44.8 Å². The van der Waals surface area contributed by atoms with Gasteiger partial charge >= 0.3 is 0 Å². The lowest BCUT2D eigenvalue weighted by Gasteiger charge is -2.15. The standard InChI is InChI=1S/C12H13BrO4/c1-7(14)10-11(15-2)8(13)6-9-12(10)17-5-3-4-16-9/h6H,3-5H2,1-2H3. The fraction of sp³-hybridized carbons (Fsp3) is 0.417. The lowest BCUT2D eigenvalue weighted by Crippen LogP contribution is -2.04. The Morgan fingerprint density at radius 1 is 1.41 bits per heavy atom. The summed E-state index contributed by atoms with van der Waals surface area (Å²) < 4.78 is 17.1. The van der Waals surface area contributed by atoms with Crippen LogP contribution >= 0.6 is 15.9 Å². The van der Waals surface area contributed by atoms with Crippen molar-refractivity contribution in [1.29, 1.82) is 0 Å². The molecule has 17 heavy (non-hydrogen) atoms. The first kappa shape index (κ1) is 12.2. The number of benzene rings is 1. The number of methoxy groups -OCH3 is 1. The molecule has 0 N–H and O–H groups in total. The summed E-state index contributed by atoms with van der Waals surface area (Å²) in [5.74, 6) is 1.45. The number of Topliss-reactive ketones (excluding diaryl/α,β-unsaturated/α-hetero) is 1. The van der Waals surface area contributed by atoms with Gasteiger partial charge < -0.3 is 14.2 Å². The fourth-order valence-corrected chi connectivity index (χ4v) is 2.35. The van der Waals surface area contributed by atoms with Gasteiger partial charge in [0, 0.05) is 12.5 Å². The number of fused-ring (bicyclic) bond motifs is 1. The van der Waals surface area contributed by atoms with E-state index in [-0.39, 0.29) is 5.78 Å². The summed E-state index contributed by atoms with van der Waals surface area (Å²) in [5.41, 5.74) is 0.429. The molecule has 1 heterocycles. The molecule has 4 nitrogen and oxygen atoms in total. The van der Waals surface area contributed by atoms with Crippen LogP contribution in [0.15, 0.2) is 10.5 Å². The molecule has 0 atom stereocenters. The van der Waals surface area contributed by atoms with Crippen molar-refractivity contribution < 1.29 is 19.0 Å². The average molecular weight is 301 g/mol. The number of hydrogen-bond donors (Lipinski definition) is 0. The summed E-state index contributed by atoms with van der Waals surface area (Å²) in [6, 6.07) is 1.77. The molecule has 1 aromatic carbocycles. The van der Waals surface area contributed by atoms with Gasteiger partial charge in [0.15, 0.2) is 17.3 Å². The Hall–Kier alpha value is -1.23. The van der Waals surface area contributed by atoms with E-state index < -0.39 is 0 Å². The summed E-state index contributed by atoms with van der Waals surface area (Å²) in [4.78, 5) is 11.7. The molecule has 92 valence electrons. The number of ketones is 1. The van der Waals surface area contributed by atoms with Gasteiger partial charge in [-0.25, -0.2) is 0 Å². The highest BCUT2D eigenvalue weighted by atomic mass is 79.9. The van der Waals surface area contributed by atoms with E-state index in [1.807, 2.05) is 0 Å². The Bertz CT molecular complexity index is 456. The number of carbonyl (C=O) groups is 1. The number of hydrogen-bond acceptors (Lipinski definition) is 4. The predicted octanol–water partition coefficient (Wildman–Crippen LogP) is 2.82. The molecule has 1 aromatic rings. The van der Waals surface area contributed by atoms with Crippen molar-refractivity contribution in [2.24, 2.45) is 0 Å². The third kappa shape index (κ3) is 2.24. The summed E-state index contributed by atoms with van der Waals surface area (Å²) >= 11 is 3.37. The molecule has 0 aromatic heterocycles. The molecular weight excluding hydrogens is 288 g/mol. The number of carbonyl (C=O) groups excluding carboxylic acids is 1. The van der Waals surface area contributed by atoms with E-state index in [2.05, 4.69) is 15.9 Å². The smallest absolute Gasteiger partial charge is 0.175 e. The quantitative estimate of drug-likeness (QED) is 0.788. The van der Waals surface area contributed by atoms with E-state index in [1.54, 1.807) is 6.07 Å². The predicted molar refractivity (Wildman–Crippen MR) is 66.3 cm³/mol. The molecule has 0 fully saturated rings. The van der Waals surface area contributed by atoms with Crippen molar-refractivity contribution in [3.05, 3.63) is 16.1 Å². The fourth-order valence-electron chi connectivity index (χ4n) is 1.78. The zero-order valence-corrected chi connectivity index (χ0v) is 11.3. The van der Waals surface area contributed by atoms with E-state index in [4.69, 9.17) is 14.2 Å². The van der Waals surface area contributed by atoms with Crippen molar-refractivity contribution in [3.63, 3.8) is 0 Å². The Balaban J connectivity index is 2.66. The maximum Gasteiger partial charge on any atom is 0.175 e. The first-order valence-electron chi connectivity index (χ1n) is 5.32. The van der Waals surface area contributed by atoms with Crippen LogP contribution in [-0.4, -0.2) is 26.1 Å². The number of rotatable bonds is 2. The first-order valence-corrected chi connectivity index (χ1v) is 6.11. The monoisotopic (exact) mass is 300 g/mol. The van der Waals surface area contributed by atoms with Crippen LogP contribution < -0.4 is 14.2 Å².